The van der Waals surface area contributed by atoms with Crippen molar-refractivity contribution in [2.75, 3.05) is 11.9 Å². The summed E-state index contributed by atoms with van der Waals surface area (Å²) in [4.78, 5) is 24.4. The summed E-state index contributed by atoms with van der Waals surface area (Å²) in [6.45, 7) is 0.904. The zero-order valence-corrected chi connectivity index (χ0v) is 14.4. The molecule has 0 fully saturated rings. The number of carbonyl (C=O) groups excluding carboxylic acids is 2. The average molecular weight is 409 g/mol. The molecule has 0 spiro atoms. The lowest BCUT2D eigenvalue weighted by Crippen LogP contribution is -2.69. The van der Waals surface area contributed by atoms with Crippen molar-refractivity contribution < 1.29 is 36.3 Å². The summed E-state index contributed by atoms with van der Waals surface area (Å²) in [5.74, 6) is -4.49. The fraction of sp³-hybridized carbons (Fsp3) is 0.250. The van der Waals surface area contributed by atoms with E-state index in [4.69, 9.17) is 16.0 Å². The van der Waals surface area contributed by atoms with Crippen LogP contribution in [0.4, 0.5) is 23.2 Å². The molecule has 2 N–H and O–H groups in total. The summed E-state index contributed by atoms with van der Waals surface area (Å²) >= 11 is 5.57. The number of hydrogen-bond acceptors (Lipinski definition) is 5. The molecule has 0 saturated heterocycles. The third-order valence-electron chi connectivity index (χ3n) is 3.30. The van der Waals surface area contributed by atoms with Gasteiger partial charge in [0.25, 0.3) is 5.91 Å². The molecule has 1 atom stereocenters. The molecule has 11 heteroatoms. The summed E-state index contributed by atoms with van der Waals surface area (Å²) in [5.41, 5.74) is -4.06. The lowest BCUT2D eigenvalue weighted by atomic mass is 10.1. The Bertz CT molecular complexity index is 826. The number of amides is 1. The van der Waals surface area contributed by atoms with Crippen molar-refractivity contribution >= 4 is 29.2 Å². The first-order valence-corrected chi connectivity index (χ1v) is 7.81. The van der Waals surface area contributed by atoms with Gasteiger partial charge < -0.3 is 19.8 Å². The molecule has 6 nitrogen and oxygen atoms in total. The topological polar surface area (TPSA) is 80.6 Å². The van der Waals surface area contributed by atoms with Crippen molar-refractivity contribution in [1.82, 2.24) is 5.32 Å². The van der Waals surface area contributed by atoms with Gasteiger partial charge in [-0.3, -0.25) is 4.79 Å². The smallest absolute Gasteiger partial charge is 0.441 e. The molecule has 0 bridgehead atoms. The summed E-state index contributed by atoms with van der Waals surface area (Å²) < 4.78 is 64.2. The minimum absolute atomic E-state index is 0.383. The van der Waals surface area contributed by atoms with Crippen LogP contribution in [-0.2, 0) is 9.53 Å². The van der Waals surface area contributed by atoms with Gasteiger partial charge in [-0.05, 0) is 37.3 Å². The maximum absolute atomic E-state index is 13.9. The number of furan rings is 1. The second-order valence-corrected chi connectivity index (χ2v) is 5.56. The molecule has 1 heterocycles. The summed E-state index contributed by atoms with van der Waals surface area (Å²) in [6.07, 6.45) is -4.27. The SMILES string of the molecule is CCOC(=O)C(NC(=O)c1ccco1)(Nc1ccc(F)c(Cl)c1)C(F)(F)F. The van der Waals surface area contributed by atoms with Gasteiger partial charge in [0.1, 0.15) is 5.82 Å². The van der Waals surface area contributed by atoms with Gasteiger partial charge in [0.15, 0.2) is 5.76 Å². The quantitative estimate of drug-likeness (QED) is 0.432. The Labute approximate surface area is 155 Å². The monoisotopic (exact) mass is 408 g/mol. The Morgan fingerprint density at radius 2 is 1.96 bits per heavy atom. The minimum atomic E-state index is -5.34. The van der Waals surface area contributed by atoms with Crippen molar-refractivity contribution in [3.8, 4) is 0 Å². The number of carbonyl (C=O) groups is 2. The summed E-state index contributed by atoms with van der Waals surface area (Å²) in [7, 11) is 0. The lowest BCUT2D eigenvalue weighted by Gasteiger charge is -2.35. The third-order valence-corrected chi connectivity index (χ3v) is 3.59. The molecular weight excluding hydrogens is 396 g/mol. The average Bonchev–Trinajstić information content (AvgIpc) is 3.11. The highest BCUT2D eigenvalue weighted by Gasteiger charge is 2.64. The standard InChI is InChI=1S/C16H13ClF4N2O4/c1-2-26-14(25)15(16(19,20)21,23-13(24)12-4-3-7-27-12)22-9-5-6-11(18)10(17)8-9/h3-8,22H,2H2,1H3,(H,23,24). The molecule has 2 aromatic rings. The van der Waals surface area contributed by atoms with E-state index >= 15 is 0 Å². The molecule has 0 aliphatic heterocycles. The number of nitrogens with one attached hydrogen (secondary N) is 2. The van der Waals surface area contributed by atoms with Crippen LogP contribution in [0.3, 0.4) is 0 Å². The first kappa shape index (κ1) is 20.6. The maximum Gasteiger partial charge on any atom is 0.441 e. The minimum Gasteiger partial charge on any atom is -0.463 e. The highest BCUT2D eigenvalue weighted by Crippen LogP contribution is 2.34. The molecule has 1 aromatic heterocycles. The Morgan fingerprint density at radius 3 is 2.48 bits per heavy atom. The number of alkyl halides is 3. The molecular formula is C16H13ClF4N2O4. The van der Waals surface area contributed by atoms with Crippen LogP contribution in [0.2, 0.25) is 5.02 Å². The van der Waals surface area contributed by atoms with E-state index in [0.717, 1.165) is 30.5 Å². The highest BCUT2D eigenvalue weighted by atomic mass is 35.5. The van der Waals surface area contributed by atoms with Gasteiger partial charge in [-0.25, -0.2) is 9.18 Å². The van der Waals surface area contributed by atoms with E-state index in [1.165, 1.54) is 13.0 Å². The molecule has 27 heavy (non-hydrogen) atoms. The van der Waals surface area contributed by atoms with Crippen LogP contribution in [0.15, 0.2) is 41.0 Å². The van der Waals surface area contributed by atoms with Crippen LogP contribution >= 0.6 is 11.6 Å². The third kappa shape index (κ3) is 4.33. The largest absolute Gasteiger partial charge is 0.463 e. The first-order valence-electron chi connectivity index (χ1n) is 7.44. The number of rotatable bonds is 6. The van der Waals surface area contributed by atoms with E-state index in [-0.39, 0.29) is 12.3 Å². The Morgan fingerprint density at radius 1 is 1.26 bits per heavy atom. The summed E-state index contributed by atoms with van der Waals surface area (Å²) in [5, 5.41) is 2.92. The van der Waals surface area contributed by atoms with E-state index < -0.39 is 40.3 Å². The van der Waals surface area contributed by atoms with Gasteiger partial charge in [-0.1, -0.05) is 11.6 Å². The number of hydrogen-bond donors (Lipinski definition) is 2. The summed E-state index contributed by atoms with van der Waals surface area (Å²) in [6, 6.07) is 4.93. The second kappa shape index (κ2) is 7.87. The van der Waals surface area contributed by atoms with Crippen molar-refractivity contribution in [2.45, 2.75) is 18.8 Å². The van der Waals surface area contributed by atoms with Crippen LogP contribution in [-0.4, -0.2) is 30.3 Å². The van der Waals surface area contributed by atoms with Crippen LogP contribution in [0.25, 0.3) is 0 Å². The van der Waals surface area contributed by atoms with Gasteiger partial charge in [-0.15, -0.1) is 0 Å². The van der Waals surface area contributed by atoms with Gasteiger partial charge >= 0.3 is 17.8 Å². The molecule has 0 aliphatic rings. The van der Waals surface area contributed by atoms with E-state index in [9.17, 15) is 27.2 Å². The van der Waals surface area contributed by atoms with Crippen molar-refractivity contribution in [3.05, 3.63) is 53.2 Å². The molecule has 146 valence electrons. The van der Waals surface area contributed by atoms with E-state index in [1.807, 2.05) is 5.32 Å². The van der Waals surface area contributed by atoms with Gasteiger partial charge in [0.2, 0.25) is 0 Å². The molecule has 1 unspecified atom stereocenters. The molecule has 0 radical (unpaired) electrons. The molecule has 0 aliphatic carbocycles. The zero-order chi connectivity index (χ0) is 20.2. The molecule has 2 rings (SSSR count). The Hall–Kier alpha value is -2.75. The van der Waals surface area contributed by atoms with Crippen molar-refractivity contribution in [3.63, 3.8) is 0 Å². The normalized spacial score (nSPS) is 13.6. The number of halogens is 5. The van der Waals surface area contributed by atoms with Crippen LogP contribution in [0.1, 0.15) is 17.5 Å². The molecule has 0 saturated carbocycles. The fourth-order valence-corrected chi connectivity index (χ4v) is 2.24. The number of esters is 1. The van der Waals surface area contributed by atoms with Crippen molar-refractivity contribution in [1.29, 1.82) is 0 Å². The highest BCUT2D eigenvalue weighted by molar-refractivity contribution is 6.31. The lowest BCUT2D eigenvalue weighted by molar-refractivity contribution is -0.204. The van der Waals surface area contributed by atoms with E-state index in [1.54, 1.807) is 5.32 Å². The maximum atomic E-state index is 13.9. The number of anilines is 1. The predicted octanol–water partition coefficient (Wildman–Crippen LogP) is 3.74. The van der Waals surface area contributed by atoms with Crippen LogP contribution in [0, 0.1) is 5.82 Å². The van der Waals surface area contributed by atoms with E-state index in [0.29, 0.717) is 0 Å². The zero-order valence-electron chi connectivity index (χ0n) is 13.7. The number of ether oxygens (including phenoxy) is 1. The fourth-order valence-electron chi connectivity index (χ4n) is 2.06. The Balaban J connectivity index is 2.51. The molecule has 1 aromatic carbocycles. The van der Waals surface area contributed by atoms with Crippen LogP contribution < -0.4 is 10.6 Å². The van der Waals surface area contributed by atoms with Crippen molar-refractivity contribution in [2.24, 2.45) is 0 Å². The van der Waals surface area contributed by atoms with Gasteiger partial charge in [-0.2, -0.15) is 13.2 Å². The first-order chi connectivity index (χ1) is 12.6. The van der Waals surface area contributed by atoms with E-state index in [2.05, 4.69) is 4.74 Å². The Kier molecular flexibility index (Phi) is 5.99. The molecule has 1 amide bonds. The van der Waals surface area contributed by atoms with Gasteiger partial charge in [0.05, 0.1) is 17.9 Å². The number of benzene rings is 1. The van der Waals surface area contributed by atoms with Gasteiger partial charge in [0, 0.05) is 5.69 Å². The predicted molar refractivity (Wildman–Crippen MR) is 86.6 cm³/mol. The second-order valence-electron chi connectivity index (χ2n) is 5.15. The van der Waals surface area contributed by atoms with Crippen LogP contribution in [0.5, 0.6) is 0 Å².